The molecule has 0 saturated carbocycles. The molecule has 2 heterocycles. The van der Waals surface area contributed by atoms with Crippen LogP contribution >= 0.6 is 15.9 Å². The van der Waals surface area contributed by atoms with Crippen molar-refractivity contribution in [3.63, 3.8) is 0 Å². The Labute approximate surface area is 156 Å². The molecular weight excluding hydrogens is 413 g/mol. The fourth-order valence-electron chi connectivity index (χ4n) is 2.62. The first-order valence-corrected chi connectivity index (χ1v) is 8.59. The predicted octanol–water partition coefficient (Wildman–Crippen LogP) is 4.96. The lowest BCUT2D eigenvalue weighted by molar-refractivity contribution is -0.137. The van der Waals surface area contributed by atoms with E-state index in [1.165, 1.54) is 18.2 Å². The monoisotopic (exact) mass is 426 g/mol. The first-order valence-electron chi connectivity index (χ1n) is 7.80. The van der Waals surface area contributed by atoms with Crippen molar-refractivity contribution in [3.8, 4) is 6.07 Å². The standard InChI is InChI=1S/C18H14BrF3N2O2/c19-16-10-15(26-17(16)24-4-6-25-7-5-24)9-13(11-23)12-2-1-3-14(8-12)18(20,21)22/h1-3,8-10H,4-7H2/b13-9-. The van der Waals surface area contributed by atoms with Gasteiger partial charge in [-0.05, 0) is 39.7 Å². The van der Waals surface area contributed by atoms with Crippen LogP contribution in [0.1, 0.15) is 16.9 Å². The number of hydrogen-bond donors (Lipinski definition) is 0. The summed E-state index contributed by atoms with van der Waals surface area (Å²) >= 11 is 3.42. The van der Waals surface area contributed by atoms with Crippen molar-refractivity contribution in [2.24, 2.45) is 0 Å². The molecule has 0 spiro atoms. The van der Waals surface area contributed by atoms with E-state index in [1.54, 1.807) is 6.07 Å². The quantitative estimate of drug-likeness (QED) is 0.650. The minimum absolute atomic E-state index is 0.0888. The number of hydrogen-bond acceptors (Lipinski definition) is 4. The van der Waals surface area contributed by atoms with Crippen LogP contribution in [-0.4, -0.2) is 26.3 Å². The van der Waals surface area contributed by atoms with Crippen molar-refractivity contribution in [1.29, 1.82) is 5.26 Å². The number of benzene rings is 1. The van der Waals surface area contributed by atoms with Gasteiger partial charge in [0.15, 0.2) is 0 Å². The molecule has 3 rings (SSSR count). The van der Waals surface area contributed by atoms with Gasteiger partial charge in [0.2, 0.25) is 5.88 Å². The number of alkyl halides is 3. The average Bonchev–Trinajstić information content (AvgIpc) is 3.00. The summed E-state index contributed by atoms with van der Waals surface area (Å²) in [5, 5.41) is 9.38. The second-order valence-corrected chi connectivity index (χ2v) is 6.50. The second kappa shape index (κ2) is 7.56. The summed E-state index contributed by atoms with van der Waals surface area (Å²) in [6.45, 7) is 2.53. The van der Waals surface area contributed by atoms with Crippen LogP contribution in [0.15, 0.2) is 39.2 Å². The maximum absolute atomic E-state index is 12.9. The molecule has 1 aromatic heterocycles. The zero-order valence-corrected chi connectivity index (χ0v) is 15.1. The van der Waals surface area contributed by atoms with E-state index in [-0.39, 0.29) is 11.1 Å². The van der Waals surface area contributed by atoms with Crippen LogP contribution in [0.3, 0.4) is 0 Å². The summed E-state index contributed by atoms with van der Waals surface area (Å²) in [6, 6.07) is 8.30. The van der Waals surface area contributed by atoms with E-state index in [0.29, 0.717) is 42.4 Å². The molecule has 1 aliphatic heterocycles. The van der Waals surface area contributed by atoms with Crippen molar-refractivity contribution in [1.82, 2.24) is 0 Å². The van der Waals surface area contributed by atoms with Crippen LogP contribution in [0.5, 0.6) is 0 Å². The van der Waals surface area contributed by atoms with Crippen LogP contribution in [0.4, 0.5) is 19.1 Å². The van der Waals surface area contributed by atoms with E-state index in [2.05, 4.69) is 15.9 Å². The maximum Gasteiger partial charge on any atom is 0.416 e. The Morgan fingerprint density at radius 2 is 1.96 bits per heavy atom. The lowest BCUT2D eigenvalue weighted by Crippen LogP contribution is -2.36. The van der Waals surface area contributed by atoms with E-state index in [0.717, 1.165) is 12.1 Å². The molecule has 0 N–H and O–H groups in total. The molecule has 1 fully saturated rings. The lowest BCUT2D eigenvalue weighted by atomic mass is 10.0. The number of rotatable bonds is 3. The maximum atomic E-state index is 12.9. The Morgan fingerprint density at radius 3 is 2.62 bits per heavy atom. The SMILES string of the molecule is N#C/C(=C/c1cc(Br)c(N2CCOCC2)o1)c1cccc(C(F)(F)F)c1. The number of anilines is 1. The van der Waals surface area contributed by atoms with Gasteiger partial charge in [-0.15, -0.1) is 0 Å². The van der Waals surface area contributed by atoms with Gasteiger partial charge in [0.1, 0.15) is 5.76 Å². The van der Waals surface area contributed by atoms with E-state index in [1.807, 2.05) is 11.0 Å². The fourth-order valence-corrected chi connectivity index (χ4v) is 3.17. The Bertz CT molecular complexity index is 862. The lowest BCUT2D eigenvalue weighted by Gasteiger charge is -2.26. The smallest absolute Gasteiger partial charge is 0.416 e. The Balaban J connectivity index is 1.92. The summed E-state index contributed by atoms with van der Waals surface area (Å²) in [7, 11) is 0. The van der Waals surface area contributed by atoms with E-state index in [9.17, 15) is 18.4 Å². The third-order valence-electron chi connectivity index (χ3n) is 3.89. The highest BCUT2D eigenvalue weighted by Gasteiger charge is 2.30. The molecule has 8 heteroatoms. The number of nitrogens with zero attached hydrogens (tertiary/aromatic N) is 2. The van der Waals surface area contributed by atoms with Gasteiger partial charge >= 0.3 is 6.18 Å². The van der Waals surface area contributed by atoms with Crippen molar-refractivity contribution in [3.05, 3.63) is 51.7 Å². The molecule has 4 nitrogen and oxygen atoms in total. The summed E-state index contributed by atoms with van der Waals surface area (Å²) in [6.07, 6.45) is -3.03. The van der Waals surface area contributed by atoms with Crippen molar-refractivity contribution >= 4 is 33.5 Å². The van der Waals surface area contributed by atoms with Crippen LogP contribution < -0.4 is 4.90 Å². The summed E-state index contributed by atoms with van der Waals surface area (Å²) < 4.78 is 50.4. The van der Waals surface area contributed by atoms with Crippen LogP contribution in [0.25, 0.3) is 11.6 Å². The minimum atomic E-state index is -4.46. The third-order valence-corrected chi connectivity index (χ3v) is 4.46. The number of furan rings is 1. The normalized spacial score (nSPS) is 15.8. The molecule has 1 saturated heterocycles. The largest absolute Gasteiger partial charge is 0.440 e. The Morgan fingerprint density at radius 1 is 1.23 bits per heavy atom. The number of halogens is 4. The predicted molar refractivity (Wildman–Crippen MR) is 94.4 cm³/mol. The van der Waals surface area contributed by atoms with E-state index in [4.69, 9.17) is 9.15 Å². The van der Waals surface area contributed by atoms with E-state index >= 15 is 0 Å². The zero-order valence-electron chi connectivity index (χ0n) is 13.5. The highest BCUT2D eigenvalue weighted by Crippen LogP contribution is 2.34. The molecule has 0 aliphatic carbocycles. The molecule has 2 aromatic rings. The summed E-state index contributed by atoms with van der Waals surface area (Å²) in [5.41, 5.74) is -0.528. The van der Waals surface area contributed by atoms with E-state index < -0.39 is 11.7 Å². The van der Waals surface area contributed by atoms with Gasteiger partial charge in [0.05, 0.1) is 34.9 Å². The molecule has 1 aromatic carbocycles. The van der Waals surface area contributed by atoms with Gasteiger partial charge in [-0.25, -0.2) is 0 Å². The molecule has 136 valence electrons. The first kappa shape index (κ1) is 18.5. The molecule has 0 atom stereocenters. The second-order valence-electron chi connectivity index (χ2n) is 5.65. The van der Waals surface area contributed by atoms with Crippen LogP contribution in [0, 0.1) is 11.3 Å². The van der Waals surface area contributed by atoms with Gasteiger partial charge in [-0.1, -0.05) is 12.1 Å². The van der Waals surface area contributed by atoms with Gasteiger partial charge in [0.25, 0.3) is 0 Å². The summed E-state index contributed by atoms with van der Waals surface area (Å²) in [5.74, 6) is 0.994. The van der Waals surface area contributed by atoms with Gasteiger partial charge in [-0.2, -0.15) is 18.4 Å². The van der Waals surface area contributed by atoms with Crippen molar-refractivity contribution < 1.29 is 22.3 Å². The van der Waals surface area contributed by atoms with Gasteiger partial charge in [-0.3, -0.25) is 0 Å². The zero-order chi connectivity index (χ0) is 18.7. The van der Waals surface area contributed by atoms with Gasteiger partial charge < -0.3 is 14.1 Å². The van der Waals surface area contributed by atoms with Crippen LogP contribution in [-0.2, 0) is 10.9 Å². The molecule has 26 heavy (non-hydrogen) atoms. The van der Waals surface area contributed by atoms with Crippen molar-refractivity contribution in [2.45, 2.75) is 6.18 Å². The molecular formula is C18H14BrF3N2O2. The number of allylic oxidation sites excluding steroid dienone is 1. The molecule has 0 bridgehead atoms. The molecule has 1 aliphatic rings. The van der Waals surface area contributed by atoms with Crippen LogP contribution in [0.2, 0.25) is 0 Å². The van der Waals surface area contributed by atoms with Gasteiger partial charge in [0, 0.05) is 19.2 Å². The molecule has 0 unspecified atom stereocenters. The highest BCUT2D eigenvalue weighted by atomic mass is 79.9. The number of morpholine rings is 1. The molecule has 0 amide bonds. The first-order chi connectivity index (χ1) is 12.4. The average molecular weight is 427 g/mol. The van der Waals surface area contributed by atoms with Crippen molar-refractivity contribution in [2.75, 3.05) is 31.2 Å². The Kier molecular flexibility index (Phi) is 5.39. The molecule has 0 radical (unpaired) electrons. The highest BCUT2D eigenvalue weighted by molar-refractivity contribution is 9.10. The number of nitriles is 1. The Hall–Kier alpha value is -2.24. The topological polar surface area (TPSA) is 49.4 Å². The summed E-state index contributed by atoms with van der Waals surface area (Å²) in [4.78, 5) is 2.00. The number of ether oxygens (including phenoxy) is 1. The minimum Gasteiger partial charge on any atom is -0.440 e. The third kappa shape index (κ3) is 4.11. The fraction of sp³-hybridized carbons (Fsp3) is 0.278.